The lowest BCUT2D eigenvalue weighted by atomic mass is 10.2. The van der Waals surface area contributed by atoms with Gasteiger partial charge in [0, 0.05) is 11.6 Å². The van der Waals surface area contributed by atoms with Gasteiger partial charge in [-0.25, -0.2) is 4.39 Å². The molecule has 2 amide bonds. The number of carbonyl (C=O) groups is 2. The van der Waals surface area contributed by atoms with Crippen LogP contribution in [0.2, 0.25) is 0 Å². The Balaban J connectivity index is 1.86. The highest BCUT2D eigenvalue weighted by Crippen LogP contribution is 2.05. The Hall–Kier alpha value is -2.95. The van der Waals surface area contributed by atoms with Crippen LogP contribution < -0.4 is 10.9 Å². The molecule has 0 fully saturated rings. The Morgan fingerprint density at radius 2 is 1.71 bits per heavy atom. The van der Waals surface area contributed by atoms with Crippen molar-refractivity contribution in [2.24, 2.45) is 0 Å². The predicted octanol–water partition coefficient (Wildman–Crippen LogP) is 2.30. The van der Waals surface area contributed by atoms with Gasteiger partial charge in [0.1, 0.15) is 5.82 Å². The Morgan fingerprint density at radius 1 is 0.952 bits per heavy atom. The number of nitrogens with one attached hydrogen (secondary N) is 2. The van der Waals surface area contributed by atoms with E-state index in [1.54, 1.807) is 42.5 Å². The molecule has 0 unspecified atom stereocenters. The molecule has 0 bridgehead atoms. The highest BCUT2D eigenvalue weighted by Gasteiger charge is 2.04. The number of amides is 2. The van der Waals surface area contributed by atoms with Crippen molar-refractivity contribution in [3.63, 3.8) is 0 Å². The second-order valence-corrected chi connectivity index (χ2v) is 4.20. The van der Waals surface area contributed by atoms with Gasteiger partial charge in [-0.2, -0.15) is 0 Å². The molecular weight excluding hydrogens is 271 g/mol. The fraction of sp³-hybridized carbons (Fsp3) is 0. The van der Waals surface area contributed by atoms with Gasteiger partial charge >= 0.3 is 0 Å². The van der Waals surface area contributed by atoms with Crippen LogP contribution in [-0.2, 0) is 4.79 Å². The second-order valence-electron chi connectivity index (χ2n) is 4.20. The third-order valence-electron chi connectivity index (χ3n) is 2.61. The van der Waals surface area contributed by atoms with Crippen LogP contribution in [0.4, 0.5) is 4.39 Å². The SMILES string of the molecule is O=C(/C=C/c1cccc(F)c1)NNC(=O)c1ccccc1. The van der Waals surface area contributed by atoms with Gasteiger partial charge in [-0.3, -0.25) is 20.4 Å². The molecule has 0 heterocycles. The molecule has 0 spiro atoms. The first-order valence-corrected chi connectivity index (χ1v) is 6.24. The molecule has 5 heteroatoms. The van der Waals surface area contributed by atoms with Crippen molar-refractivity contribution in [2.45, 2.75) is 0 Å². The van der Waals surface area contributed by atoms with Crippen LogP contribution in [0.5, 0.6) is 0 Å². The van der Waals surface area contributed by atoms with Crippen molar-refractivity contribution in [1.82, 2.24) is 10.9 Å². The summed E-state index contributed by atoms with van der Waals surface area (Å²) in [7, 11) is 0. The molecule has 0 aliphatic carbocycles. The van der Waals surface area contributed by atoms with Crippen LogP contribution in [0.3, 0.4) is 0 Å². The van der Waals surface area contributed by atoms with E-state index in [1.165, 1.54) is 24.3 Å². The quantitative estimate of drug-likeness (QED) is 0.671. The van der Waals surface area contributed by atoms with Crippen LogP contribution in [0, 0.1) is 5.82 Å². The van der Waals surface area contributed by atoms with Gasteiger partial charge < -0.3 is 0 Å². The fourth-order valence-electron chi connectivity index (χ4n) is 1.60. The Labute approximate surface area is 121 Å². The zero-order chi connectivity index (χ0) is 15.1. The summed E-state index contributed by atoms with van der Waals surface area (Å²) in [6.07, 6.45) is 2.66. The Kier molecular flexibility index (Phi) is 4.82. The lowest BCUT2D eigenvalue weighted by Gasteiger charge is -2.04. The van der Waals surface area contributed by atoms with Crippen molar-refractivity contribution in [3.05, 3.63) is 77.6 Å². The van der Waals surface area contributed by atoms with Gasteiger partial charge in [0.2, 0.25) is 0 Å². The van der Waals surface area contributed by atoms with Gasteiger partial charge in [0.15, 0.2) is 0 Å². The lowest BCUT2D eigenvalue weighted by Crippen LogP contribution is -2.40. The Bertz CT molecular complexity index is 669. The monoisotopic (exact) mass is 284 g/mol. The first kappa shape index (κ1) is 14.5. The summed E-state index contributed by atoms with van der Waals surface area (Å²) in [6.45, 7) is 0. The number of rotatable bonds is 3. The number of halogens is 1. The van der Waals surface area contributed by atoms with Crippen LogP contribution >= 0.6 is 0 Å². The van der Waals surface area contributed by atoms with Crippen molar-refractivity contribution < 1.29 is 14.0 Å². The van der Waals surface area contributed by atoms with E-state index in [4.69, 9.17) is 0 Å². The van der Waals surface area contributed by atoms with Gasteiger partial charge in [-0.05, 0) is 35.9 Å². The molecule has 2 aromatic rings. The molecule has 4 nitrogen and oxygen atoms in total. The maximum absolute atomic E-state index is 12.9. The molecule has 106 valence electrons. The number of hydrogen-bond donors (Lipinski definition) is 2. The van der Waals surface area contributed by atoms with E-state index in [9.17, 15) is 14.0 Å². The summed E-state index contributed by atoms with van der Waals surface area (Å²) in [5.74, 6) is -1.30. The number of carbonyl (C=O) groups excluding carboxylic acids is 2. The fourth-order valence-corrected chi connectivity index (χ4v) is 1.60. The maximum atomic E-state index is 12.9. The maximum Gasteiger partial charge on any atom is 0.269 e. The van der Waals surface area contributed by atoms with Gasteiger partial charge in [0.25, 0.3) is 11.8 Å². The van der Waals surface area contributed by atoms with Gasteiger partial charge in [0.05, 0.1) is 0 Å². The van der Waals surface area contributed by atoms with Crippen LogP contribution in [0.15, 0.2) is 60.7 Å². The highest BCUT2D eigenvalue weighted by molar-refractivity contribution is 5.97. The average Bonchev–Trinajstić information content (AvgIpc) is 2.51. The van der Waals surface area contributed by atoms with Crippen LogP contribution in [0.1, 0.15) is 15.9 Å². The molecule has 0 aliphatic rings. The van der Waals surface area contributed by atoms with E-state index in [0.717, 1.165) is 0 Å². The standard InChI is InChI=1S/C16H13FN2O2/c17-14-8-4-5-12(11-14)9-10-15(20)18-19-16(21)13-6-2-1-3-7-13/h1-11H,(H,18,20)(H,19,21)/b10-9+. The summed E-state index contributed by atoms with van der Waals surface area (Å²) in [4.78, 5) is 23.2. The molecule has 2 N–H and O–H groups in total. The summed E-state index contributed by atoms with van der Waals surface area (Å²) in [5.41, 5.74) is 5.52. The number of benzene rings is 2. The molecule has 0 atom stereocenters. The second kappa shape index (κ2) is 7.00. The molecule has 0 saturated heterocycles. The molecular formula is C16H13FN2O2. The van der Waals surface area contributed by atoms with E-state index in [1.807, 2.05) is 0 Å². The molecule has 2 aromatic carbocycles. The first-order chi connectivity index (χ1) is 10.1. The Morgan fingerprint density at radius 3 is 2.43 bits per heavy atom. The lowest BCUT2D eigenvalue weighted by molar-refractivity contribution is -0.117. The van der Waals surface area contributed by atoms with Crippen LogP contribution in [-0.4, -0.2) is 11.8 Å². The van der Waals surface area contributed by atoms with E-state index < -0.39 is 11.8 Å². The zero-order valence-electron chi connectivity index (χ0n) is 11.0. The molecule has 0 saturated carbocycles. The summed E-state index contributed by atoms with van der Waals surface area (Å²) >= 11 is 0. The number of hydrazine groups is 1. The average molecular weight is 284 g/mol. The normalized spacial score (nSPS) is 10.3. The molecule has 0 aromatic heterocycles. The molecule has 21 heavy (non-hydrogen) atoms. The smallest absolute Gasteiger partial charge is 0.268 e. The number of hydrogen-bond acceptors (Lipinski definition) is 2. The largest absolute Gasteiger partial charge is 0.269 e. The minimum absolute atomic E-state index is 0.380. The van der Waals surface area contributed by atoms with Crippen molar-refractivity contribution in [2.75, 3.05) is 0 Å². The van der Waals surface area contributed by atoms with Crippen LogP contribution in [0.25, 0.3) is 6.08 Å². The molecule has 2 rings (SSSR count). The van der Waals surface area contributed by atoms with Crippen molar-refractivity contribution in [3.8, 4) is 0 Å². The highest BCUT2D eigenvalue weighted by atomic mass is 19.1. The summed E-state index contributed by atoms with van der Waals surface area (Å²) < 4.78 is 12.9. The van der Waals surface area contributed by atoms with E-state index in [0.29, 0.717) is 11.1 Å². The van der Waals surface area contributed by atoms with Gasteiger partial charge in [-0.1, -0.05) is 30.3 Å². The minimum Gasteiger partial charge on any atom is -0.268 e. The molecule has 0 aliphatic heterocycles. The predicted molar refractivity (Wildman–Crippen MR) is 77.5 cm³/mol. The molecule has 0 radical (unpaired) electrons. The van der Waals surface area contributed by atoms with Crippen molar-refractivity contribution >= 4 is 17.9 Å². The van der Waals surface area contributed by atoms with E-state index >= 15 is 0 Å². The van der Waals surface area contributed by atoms with Gasteiger partial charge in [-0.15, -0.1) is 0 Å². The van der Waals surface area contributed by atoms with Crippen molar-refractivity contribution in [1.29, 1.82) is 0 Å². The minimum atomic E-state index is -0.511. The van der Waals surface area contributed by atoms with E-state index in [2.05, 4.69) is 10.9 Å². The zero-order valence-corrected chi connectivity index (χ0v) is 11.0. The third kappa shape index (κ3) is 4.58. The summed E-state index contributed by atoms with van der Waals surface area (Å²) in [6, 6.07) is 14.3. The van der Waals surface area contributed by atoms with E-state index in [-0.39, 0.29) is 5.82 Å². The topological polar surface area (TPSA) is 58.2 Å². The third-order valence-corrected chi connectivity index (χ3v) is 2.61. The summed E-state index contributed by atoms with van der Waals surface area (Å²) in [5, 5.41) is 0. The first-order valence-electron chi connectivity index (χ1n) is 6.24.